The summed E-state index contributed by atoms with van der Waals surface area (Å²) in [6, 6.07) is -0.617. The number of carbonyl (C=O) groups excluding carboxylic acids is 2. The van der Waals surface area contributed by atoms with Crippen molar-refractivity contribution in [3.8, 4) is 0 Å². The normalized spacial score (nSPS) is 13.5. The van der Waals surface area contributed by atoms with Crippen molar-refractivity contribution in [1.82, 2.24) is 0 Å². The van der Waals surface area contributed by atoms with Crippen molar-refractivity contribution in [3.05, 3.63) is 60.8 Å². The first-order chi connectivity index (χ1) is 28.1. The smallest absolute Gasteiger partial charge is 0.362 e. The Morgan fingerprint density at radius 2 is 0.966 bits per heavy atom. The number of carboxylic acids is 1. The molecule has 0 radical (unpaired) electrons. The van der Waals surface area contributed by atoms with Gasteiger partial charge in [-0.15, -0.1) is 0 Å². The van der Waals surface area contributed by atoms with Gasteiger partial charge in [0.05, 0.1) is 34.4 Å². The summed E-state index contributed by atoms with van der Waals surface area (Å²) >= 11 is 0. The predicted molar refractivity (Wildman–Crippen MR) is 243 cm³/mol. The molecule has 2 unspecified atom stereocenters. The Hall–Kier alpha value is -2.97. The third kappa shape index (κ3) is 38.5. The van der Waals surface area contributed by atoms with Crippen molar-refractivity contribution in [2.75, 3.05) is 41.0 Å². The van der Waals surface area contributed by atoms with E-state index in [-0.39, 0.29) is 36.2 Å². The second kappa shape index (κ2) is 40.8. The Morgan fingerprint density at radius 1 is 0.534 bits per heavy atom. The molecule has 0 rings (SSSR count). The molecule has 0 amide bonds. The molecule has 0 spiro atoms. The molecule has 58 heavy (non-hydrogen) atoms. The quantitative estimate of drug-likeness (QED) is 0.0284. The molecule has 0 fully saturated rings. The summed E-state index contributed by atoms with van der Waals surface area (Å²) in [6.45, 7) is 4.57. The second-order valence-electron chi connectivity index (χ2n) is 16.6. The summed E-state index contributed by atoms with van der Waals surface area (Å²) in [5, 5.41) is 9.62. The summed E-state index contributed by atoms with van der Waals surface area (Å²) in [5.41, 5.74) is 0. The molecule has 0 heterocycles. The van der Waals surface area contributed by atoms with Crippen LogP contribution in [0.5, 0.6) is 0 Å². The van der Waals surface area contributed by atoms with E-state index in [0.29, 0.717) is 19.3 Å². The van der Waals surface area contributed by atoms with Crippen molar-refractivity contribution in [3.63, 3.8) is 0 Å². The highest BCUT2D eigenvalue weighted by molar-refractivity contribution is 5.72. The van der Waals surface area contributed by atoms with E-state index in [4.69, 9.17) is 14.2 Å². The fraction of sp³-hybridized carbons (Fsp3) is 0.740. The number of carboxylic acid groups (broad SMARTS) is 1. The maximum Gasteiger partial charge on any atom is 0.362 e. The summed E-state index contributed by atoms with van der Waals surface area (Å²) < 4.78 is 17.3. The topological polar surface area (TPSA) is 99.1 Å². The van der Waals surface area contributed by atoms with Crippen LogP contribution in [0.3, 0.4) is 0 Å². The molecule has 0 aliphatic carbocycles. The van der Waals surface area contributed by atoms with Crippen LogP contribution in [-0.2, 0) is 28.6 Å². The maximum absolute atomic E-state index is 12.7. The molecule has 8 nitrogen and oxygen atoms in total. The zero-order chi connectivity index (χ0) is 42.8. The van der Waals surface area contributed by atoms with Gasteiger partial charge in [-0.05, 0) is 70.6 Å². The van der Waals surface area contributed by atoms with Gasteiger partial charge in [-0.2, -0.15) is 0 Å². The van der Waals surface area contributed by atoms with Gasteiger partial charge >= 0.3 is 17.9 Å². The molecule has 334 valence electrons. The molecule has 0 aromatic carbocycles. The number of unbranched alkanes of at least 4 members (excludes halogenated alkanes) is 17. The zero-order valence-electron chi connectivity index (χ0n) is 38.0. The molecule has 0 saturated carbocycles. The van der Waals surface area contributed by atoms with Crippen LogP contribution >= 0.6 is 0 Å². The van der Waals surface area contributed by atoms with Gasteiger partial charge in [0.15, 0.2) is 12.1 Å². The molecule has 0 aliphatic rings. The number of esters is 2. The number of aliphatic carboxylic acids is 1. The first-order valence-corrected chi connectivity index (χ1v) is 23.3. The summed E-state index contributed by atoms with van der Waals surface area (Å²) in [4.78, 5) is 37.0. The largest absolute Gasteiger partial charge is 0.477 e. The van der Waals surface area contributed by atoms with E-state index < -0.39 is 18.1 Å². The van der Waals surface area contributed by atoms with Crippen molar-refractivity contribution in [2.45, 2.75) is 199 Å². The van der Waals surface area contributed by atoms with Gasteiger partial charge in [-0.25, -0.2) is 4.79 Å². The number of likely N-dealkylation sites (N-methyl/N-ethyl adjacent to an activating group) is 1. The van der Waals surface area contributed by atoms with Gasteiger partial charge in [-0.1, -0.05) is 158 Å². The lowest BCUT2D eigenvalue weighted by atomic mass is 10.1. The Morgan fingerprint density at radius 3 is 1.45 bits per heavy atom. The van der Waals surface area contributed by atoms with Crippen LogP contribution in [-0.4, -0.2) is 80.6 Å². The highest BCUT2D eigenvalue weighted by Gasteiger charge is 2.31. The molecule has 0 aromatic heterocycles. The van der Waals surface area contributed by atoms with Crippen molar-refractivity contribution < 1.29 is 38.2 Å². The van der Waals surface area contributed by atoms with Crippen LogP contribution < -0.4 is 0 Å². The van der Waals surface area contributed by atoms with Gasteiger partial charge < -0.3 is 23.8 Å². The highest BCUT2D eigenvalue weighted by Crippen LogP contribution is 2.14. The fourth-order valence-electron chi connectivity index (χ4n) is 6.53. The number of quaternary nitrogens is 1. The molecule has 1 N–H and O–H groups in total. The van der Waals surface area contributed by atoms with Crippen LogP contribution in [0.1, 0.15) is 187 Å². The Balaban J connectivity index is 4.22. The first kappa shape index (κ1) is 55.0. The number of rotatable bonds is 41. The SMILES string of the molecule is CC/C=C/C/C=C/C/C=C/C/C=C/CCCCCCCCCCCCC(=O)OCC(COCCC(C(=O)O)[N+](C)(C)C)OC(=O)CCCCCCC/C=C/CCCC. The van der Waals surface area contributed by atoms with Crippen molar-refractivity contribution >= 4 is 17.9 Å². The van der Waals surface area contributed by atoms with E-state index in [1.54, 1.807) is 0 Å². The number of allylic oxidation sites excluding steroid dienone is 10. The van der Waals surface area contributed by atoms with Crippen LogP contribution in [0, 0.1) is 0 Å². The second-order valence-corrected chi connectivity index (χ2v) is 16.6. The number of nitrogens with zero attached hydrogens (tertiary/aromatic N) is 1. The third-order valence-corrected chi connectivity index (χ3v) is 10.2. The van der Waals surface area contributed by atoms with Crippen molar-refractivity contribution in [1.29, 1.82) is 0 Å². The van der Waals surface area contributed by atoms with Gasteiger partial charge in [0.1, 0.15) is 6.61 Å². The predicted octanol–water partition coefficient (Wildman–Crippen LogP) is 13.0. The van der Waals surface area contributed by atoms with Gasteiger partial charge in [0, 0.05) is 19.3 Å². The van der Waals surface area contributed by atoms with E-state index in [1.807, 2.05) is 21.1 Å². The summed E-state index contributed by atoms with van der Waals surface area (Å²) in [7, 11) is 5.52. The maximum atomic E-state index is 12.7. The number of hydrogen-bond donors (Lipinski definition) is 1. The molecule has 8 heteroatoms. The fourth-order valence-corrected chi connectivity index (χ4v) is 6.53. The van der Waals surface area contributed by atoms with E-state index in [1.165, 1.54) is 77.0 Å². The van der Waals surface area contributed by atoms with Gasteiger partial charge in [0.2, 0.25) is 0 Å². The molecule has 0 aliphatic heterocycles. The third-order valence-electron chi connectivity index (χ3n) is 10.2. The molecular weight excluding hydrogens is 727 g/mol. The lowest BCUT2D eigenvalue weighted by molar-refractivity contribution is -0.887. The molecular formula is C50H88NO7+. The molecule has 2 atom stereocenters. The Labute approximate surface area is 356 Å². The lowest BCUT2D eigenvalue weighted by Gasteiger charge is -2.31. The lowest BCUT2D eigenvalue weighted by Crippen LogP contribution is -2.50. The van der Waals surface area contributed by atoms with Crippen LogP contribution in [0.15, 0.2) is 60.8 Å². The highest BCUT2D eigenvalue weighted by atomic mass is 16.6. The van der Waals surface area contributed by atoms with Crippen LogP contribution in [0.4, 0.5) is 0 Å². The number of hydrogen-bond acceptors (Lipinski definition) is 6. The van der Waals surface area contributed by atoms with Crippen molar-refractivity contribution in [2.24, 2.45) is 0 Å². The molecule has 0 aromatic rings. The standard InChI is InChI=1S/C50H87NO7/c1-6-8-10-12-14-16-18-19-20-21-22-23-24-25-26-27-28-29-31-32-34-36-38-40-48(52)57-45-46(44-56-43-42-47(50(54)55)51(3,4)5)58-49(53)41-39-37-35-33-30-17-15-13-11-9-7-2/h8,10,13-16,19-20,22-23,46-47H,6-7,9,11-12,17-18,21,24-45H2,1-5H3/p+1/b10-8+,15-13+,16-14+,20-19+,23-22+. The average molecular weight is 815 g/mol. The van der Waals surface area contributed by atoms with E-state index in [9.17, 15) is 19.5 Å². The van der Waals surface area contributed by atoms with E-state index >= 15 is 0 Å². The van der Waals surface area contributed by atoms with Crippen LogP contribution in [0.2, 0.25) is 0 Å². The van der Waals surface area contributed by atoms with Gasteiger partial charge in [0.25, 0.3) is 0 Å². The average Bonchev–Trinajstić information content (AvgIpc) is 3.18. The summed E-state index contributed by atoms with van der Waals surface area (Å²) in [5.74, 6) is -1.49. The Bertz CT molecular complexity index is 1130. The first-order valence-electron chi connectivity index (χ1n) is 23.3. The Kier molecular flexibility index (Phi) is 38.7. The number of ether oxygens (including phenoxy) is 3. The van der Waals surface area contributed by atoms with Gasteiger partial charge in [-0.3, -0.25) is 9.59 Å². The van der Waals surface area contributed by atoms with Crippen LogP contribution in [0.25, 0.3) is 0 Å². The number of carbonyl (C=O) groups is 3. The van der Waals surface area contributed by atoms with E-state index in [0.717, 1.165) is 77.0 Å². The van der Waals surface area contributed by atoms with E-state index in [2.05, 4.69) is 74.6 Å². The minimum Gasteiger partial charge on any atom is -0.477 e. The molecule has 0 bridgehead atoms. The monoisotopic (exact) mass is 815 g/mol. The molecule has 0 saturated heterocycles. The zero-order valence-corrected chi connectivity index (χ0v) is 38.0. The minimum atomic E-state index is -0.878. The summed E-state index contributed by atoms with van der Waals surface area (Å²) in [6.07, 6.45) is 49.8. The minimum absolute atomic E-state index is 0.0551.